The molecule has 0 aliphatic carbocycles. The maximum absolute atomic E-state index is 12.7. The van der Waals surface area contributed by atoms with E-state index in [9.17, 15) is 14.4 Å². The summed E-state index contributed by atoms with van der Waals surface area (Å²) >= 11 is 6.06. The average Bonchev–Trinajstić information content (AvgIpc) is 3.23. The van der Waals surface area contributed by atoms with Crippen LogP contribution in [0, 0.1) is 5.92 Å². The molecule has 8 nitrogen and oxygen atoms in total. The molecule has 2 aromatic carbocycles. The number of aromatic amines is 2. The van der Waals surface area contributed by atoms with Crippen LogP contribution in [0.2, 0.25) is 5.02 Å². The van der Waals surface area contributed by atoms with Crippen molar-refractivity contribution < 1.29 is 14.3 Å². The number of carbonyl (C=O) groups excluding carboxylic acids is 2. The van der Waals surface area contributed by atoms with Gasteiger partial charge in [-0.3, -0.25) is 9.59 Å². The molecule has 2 heterocycles. The standard InChI is InChI=1S/C19H17ClN4O4/c1-28-16-5-2-11(20)7-15(16)24-9-10(6-17(24)25)18(26)21-12-3-4-13-14(8-12)23-19(27)22-13/h2-5,7-8,10H,6,9H2,1H3,(H,21,26)(H2,22,23,27). The van der Waals surface area contributed by atoms with Crippen LogP contribution in [0.15, 0.2) is 41.2 Å². The number of hydrogen-bond donors (Lipinski definition) is 3. The SMILES string of the molecule is COc1ccc(Cl)cc1N1CC(C(=O)Nc2ccc3[nH]c(=O)[nH]c3c2)CC1=O. The lowest BCUT2D eigenvalue weighted by Crippen LogP contribution is -2.28. The third-order valence-corrected chi connectivity index (χ3v) is 4.95. The van der Waals surface area contributed by atoms with Crippen LogP contribution in [0.3, 0.4) is 0 Å². The molecular weight excluding hydrogens is 384 g/mol. The minimum Gasteiger partial charge on any atom is -0.495 e. The van der Waals surface area contributed by atoms with Crippen molar-refractivity contribution in [2.75, 3.05) is 23.9 Å². The van der Waals surface area contributed by atoms with Crippen molar-refractivity contribution in [1.29, 1.82) is 0 Å². The van der Waals surface area contributed by atoms with E-state index < -0.39 is 5.92 Å². The lowest BCUT2D eigenvalue weighted by atomic mass is 10.1. The van der Waals surface area contributed by atoms with E-state index in [2.05, 4.69) is 15.3 Å². The highest BCUT2D eigenvalue weighted by Gasteiger charge is 2.36. The van der Waals surface area contributed by atoms with Gasteiger partial charge in [0.1, 0.15) is 5.75 Å². The summed E-state index contributed by atoms with van der Waals surface area (Å²) in [5.41, 5.74) is 2.01. The molecule has 28 heavy (non-hydrogen) atoms. The number of halogens is 1. The maximum atomic E-state index is 12.7. The molecule has 0 saturated carbocycles. The normalized spacial score (nSPS) is 16.6. The number of ether oxygens (including phenoxy) is 1. The van der Waals surface area contributed by atoms with Gasteiger partial charge in [0.05, 0.1) is 29.7 Å². The molecule has 1 unspecified atom stereocenters. The number of benzene rings is 2. The summed E-state index contributed by atoms with van der Waals surface area (Å²) < 4.78 is 5.31. The Labute approximate surface area is 164 Å². The van der Waals surface area contributed by atoms with E-state index in [1.807, 2.05) is 0 Å². The minimum absolute atomic E-state index is 0.0880. The topological polar surface area (TPSA) is 107 Å². The third kappa shape index (κ3) is 3.34. The van der Waals surface area contributed by atoms with Gasteiger partial charge in [-0.05, 0) is 36.4 Å². The molecule has 3 aromatic rings. The first-order chi connectivity index (χ1) is 13.4. The Morgan fingerprint density at radius 3 is 2.75 bits per heavy atom. The van der Waals surface area contributed by atoms with Crippen LogP contribution < -0.4 is 20.6 Å². The number of rotatable bonds is 4. The molecule has 2 amide bonds. The summed E-state index contributed by atoms with van der Waals surface area (Å²) in [6.45, 7) is 0.227. The van der Waals surface area contributed by atoms with Crippen LogP contribution in [0.5, 0.6) is 5.75 Å². The van der Waals surface area contributed by atoms with Gasteiger partial charge in [0.25, 0.3) is 0 Å². The molecule has 9 heteroatoms. The van der Waals surface area contributed by atoms with Crippen molar-refractivity contribution in [2.24, 2.45) is 5.92 Å². The third-order valence-electron chi connectivity index (χ3n) is 4.71. The van der Waals surface area contributed by atoms with Gasteiger partial charge in [-0.2, -0.15) is 0 Å². The highest BCUT2D eigenvalue weighted by Crippen LogP contribution is 2.35. The molecule has 1 atom stereocenters. The van der Waals surface area contributed by atoms with Crippen LogP contribution in [-0.2, 0) is 9.59 Å². The summed E-state index contributed by atoms with van der Waals surface area (Å²) in [5.74, 6) is -0.446. The fraction of sp³-hybridized carbons (Fsp3) is 0.211. The number of nitrogens with zero attached hydrogens (tertiary/aromatic N) is 1. The second-order valence-corrected chi connectivity index (χ2v) is 6.99. The Hall–Kier alpha value is -3.26. The first-order valence-electron chi connectivity index (χ1n) is 8.61. The molecular formula is C19H17ClN4O4. The maximum Gasteiger partial charge on any atom is 0.323 e. The molecule has 1 aliphatic rings. The largest absolute Gasteiger partial charge is 0.495 e. The fourth-order valence-electron chi connectivity index (χ4n) is 3.34. The number of hydrogen-bond acceptors (Lipinski definition) is 4. The van der Waals surface area contributed by atoms with Crippen molar-refractivity contribution in [3.63, 3.8) is 0 Å². The molecule has 0 bridgehead atoms. The van der Waals surface area contributed by atoms with Crippen LogP contribution in [-0.4, -0.2) is 35.4 Å². The average molecular weight is 401 g/mol. The van der Waals surface area contributed by atoms with Crippen LogP contribution in [0.1, 0.15) is 6.42 Å². The van der Waals surface area contributed by atoms with Gasteiger partial charge >= 0.3 is 5.69 Å². The number of fused-ring (bicyclic) bond motifs is 1. The molecule has 0 spiro atoms. The molecule has 1 aromatic heterocycles. The molecule has 4 rings (SSSR count). The van der Waals surface area contributed by atoms with E-state index in [0.29, 0.717) is 33.2 Å². The summed E-state index contributed by atoms with van der Waals surface area (Å²) in [6.07, 6.45) is 0.0880. The highest BCUT2D eigenvalue weighted by molar-refractivity contribution is 6.31. The van der Waals surface area contributed by atoms with Crippen LogP contribution in [0.4, 0.5) is 11.4 Å². The van der Waals surface area contributed by atoms with Gasteiger partial charge in [-0.25, -0.2) is 4.79 Å². The fourth-order valence-corrected chi connectivity index (χ4v) is 3.51. The smallest absolute Gasteiger partial charge is 0.323 e. The summed E-state index contributed by atoms with van der Waals surface area (Å²) in [7, 11) is 1.51. The van der Waals surface area contributed by atoms with E-state index in [-0.39, 0.29) is 30.5 Å². The number of amides is 2. The van der Waals surface area contributed by atoms with E-state index in [1.165, 1.54) is 12.0 Å². The van der Waals surface area contributed by atoms with Crippen LogP contribution >= 0.6 is 11.6 Å². The zero-order valence-corrected chi connectivity index (χ0v) is 15.7. The Morgan fingerprint density at radius 2 is 1.96 bits per heavy atom. The minimum atomic E-state index is -0.517. The number of nitrogens with one attached hydrogen (secondary N) is 3. The van der Waals surface area contributed by atoms with Crippen molar-refractivity contribution in [1.82, 2.24) is 9.97 Å². The molecule has 144 valence electrons. The molecule has 1 fully saturated rings. The Bertz CT molecular complexity index is 1140. The van der Waals surface area contributed by atoms with Crippen molar-refractivity contribution in [2.45, 2.75) is 6.42 Å². The van der Waals surface area contributed by atoms with Crippen molar-refractivity contribution in [3.05, 3.63) is 51.9 Å². The first kappa shape index (κ1) is 18.1. The van der Waals surface area contributed by atoms with E-state index in [1.54, 1.807) is 36.4 Å². The molecule has 1 aliphatic heterocycles. The number of aromatic nitrogens is 2. The lowest BCUT2D eigenvalue weighted by Gasteiger charge is -2.19. The Balaban J connectivity index is 1.52. The quantitative estimate of drug-likeness (QED) is 0.625. The summed E-state index contributed by atoms with van der Waals surface area (Å²) in [5, 5.41) is 3.28. The zero-order valence-electron chi connectivity index (χ0n) is 14.9. The lowest BCUT2D eigenvalue weighted by molar-refractivity contribution is -0.122. The van der Waals surface area contributed by atoms with E-state index in [0.717, 1.165) is 0 Å². The van der Waals surface area contributed by atoms with Gasteiger partial charge in [0, 0.05) is 23.7 Å². The van der Waals surface area contributed by atoms with Crippen molar-refractivity contribution in [3.8, 4) is 5.75 Å². The summed E-state index contributed by atoms with van der Waals surface area (Å²) in [4.78, 5) is 43.3. The Morgan fingerprint density at radius 1 is 1.18 bits per heavy atom. The molecule has 3 N–H and O–H groups in total. The van der Waals surface area contributed by atoms with Gasteiger partial charge in [0.2, 0.25) is 11.8 Å². The summed E-state index contributed by atoms with van der Waals surface area (Å²) in [6, 6.07) is 10.1. The van der Waals surface area contributed by atoms with Gasteiger partial charge in [0.15, 0.2) is 0 Å². The van der Waals surface area contributed by atoms with Gasteiger partial charge < -0.3 is 24.9 Å². The Kier molecular flexibility index (Phi) is 4.56. The highest BCUT2D eigenvalue weighted by atomic mass is 35.5. The number of imidazole rings is 1. The van der Waals surface area contributed by atoms with Crippen LogP contribution in [0.25, 0.3) is 11.0 Å². The molecule has 1 saturated heterocycles. The number of H-pyrrole nitrogens is 2. The number of anilines is 2. The number of methoxy groups -OCH3 is 1. The van der Waals surface area contributed by atoms with Gasteiger partial charge in [-0.1, -0.05) is 11.6 Å². The predicted molar refractivity (Wildman–Crippen MR) is 106 cm³/mol. The van der Waals surface area contributed by atoms with Crippen molar-refractivity contribution >= 4 is 45.8 Å². The van der Waals surface area contributed by atoms with Gasteiger partial charge in [-0.15, -0.1) is 0 Å². The van der Waals surface area contributed by atoms with E-state index in [4.69, 9.17) is 16.3 Å². The predicted octanol–water partition coefficient (Wildman–Crippen LogP) is 2.51. The van der Waals surface area contributed by atoms with E-state index >= 15 is 0 Å². The second kappa shape index (κ2) is 7.05. The zero-order chi connectivity index (χ0) is 19.8. The molecule has 0 radical (unpaired) electrons. The monoisotopic (exact) mass is 400 g/mol. The number of carbonyl (C=O) groups is 2. The second-order valence-electron chi connectivity index (χ2n) is 6.55. The first-order valence-corrected chi connectivity index (χ1v) is 8.99.